The molecular formula is C15H25N. The van der Waals surface area contributed by atoms with Gasteiger partial charge in [0.15, 0.2) is 0 Å². The standard InChI is InChI=1S/C15H25N/c1-8-10-15(11(3)9-2)13(5)12(4)14(6)16-7/h8,10,16H,6,9H2,1-5,7H3/b10-8-,13-12-,15-11?. The summed E-state index contributed by atoms with van der Waals surface area (Å²) in [5, 5.41) is 3.10. The Balaban J connectivity index is 5.49. The summed E-state index contributed by atoms with van der Waals surface area (Å²) in [4.78, 5) is 0. The maximum absolute atomic E-state index is 4.01. The normalized spacial score (nSPS) is 14.6. The predicted molar refractivity (Wildman–Crippen MR) is 74.4 cm³/mol. The van der Waals surface area contributed by atoms with Crippen LogP contribution in [0.25, 0.3) is 0 Å². The van der Waals surface area contributed by atoms with Gasteiger partial charge < -0.3 is 5.32 Å². The van der Waals surface area contributed by atoms with Crippen LogP contribution in [0.5, 0.6) is 0 Å². The van der Waals surface area contributed by atoms with E-state index < -0.39 is 0 Å². The highest BCUT2D eigenvalue weighted by molar-refractivity contribution is 5.48. The second-order valence-electron chi connectivity index (χ2n) is 4.03. The van der Waals surface area contributed by atoms with Gasteiger partial charge in [0.05, 0.1) is 0 Å². The van der Waals surface area contributed by atoms with Crippen LogP contribution in [-0.4, -0.2) is 7.05 Å². The van der Waals surface area contributed by atoms with E-state index in [4.69, 9.17) is 0 Å². The quantitative estimate of drug-likeness (QED) is 0.677. The van der Waals surface area contributed by atoms with Gasteiger partial charge in [0, 0.05) is 12.7 Å². The molecule has 0 heterocycles. The van der Waals surface area contributed by atoms with Crippen molar-refractivity contribution in [1.29, 1.82) is 0 Å². The van der Waals surface area contributed by atoms with Crippen molar-refractivity contribution >= 4 is 0 Å². The lowest BCUT2D eigenvalue weighted by Gasteiger charge is -2.14. The molecule has 1 heteroatoms. The largest absolute Gasteiger partial charge is 0.388 e. The van der Waals surface area contributed by atoms with Crippen LogP contribution in [-0.2, 0) is 0 Å². The zero-order chi connectivity index (χ0) is 12.7. The number of rotatable bonds is 5. The summed E-state index contributed by atoms with van der Waals surface area (Å²) in [6, 6.07) is 0. The lowest BCUT2D eigenvalue weighted by molar-refractivity contribution is 0.990. The van der Waals surface area contributed by atoms with Gasteiger partial charge >= 0.3 is 0 Å². The molecule has 0 aromatic rings. The molecular weight excluding hydrogens is 194 g/mol. The zero-order valence-corrected chi connectivity index (χ0v) is 11.6. The van der Waals surface area contributed by atoms with E-state index in [1.165, 1.54) is 22.3 Å². The zero-order valence-electron chi connectivity index (χ0n) is 11.6. The first-order valence-corrected chi connectivity index (χ1v) is 5.86. The molecule has 0 radical (unpaired) electrons. The van der Waals surface area contributed by atoms with Gasteiger partial charge in [0.2, 0.25) is 0 Å². The lowest BCUT2D eigenvalue weighted by Crippen LogP contribution is -2.07. The first-order valence-electron chi connectivity index (χ1n) is 5.86. The summed E-state index contributed by atoms with van der Waals surface area (Å²) in [6.45, 7) is 14.7. The number of allylic oxidation sites excluding steroid dienone is 6. The summed E-state index contributed by atoms with van der Waals surface area (Å²) in [7, 11) is 1.91. The van der Waals surface area contributed by atoms with Gasteiger partial charge in [-0.15, -0.1) is 0 Å². The van der Waals surface area contributed by atoms with Crippen LogP contribution in [0.2, 0.25) is 0 Å². The van der Waals surface area contributed by atoms with Crippen molar-refractivity contribution in [2.45, 2.75) is 41.0 Å². The van der Waals surface area contributed by atoms with Gasteiger partial charge in [-0.05, 0) is 50.8 Å². The van der Waals surface area contributed by atoms with Gasteiger partial charge in [-0.2, -0.15) is 0 Å². The summed E-state index contributed by atoms with van der Waals surface area (Å²) >= 11 is 0. The molecule has 1 N–H and O–H groups in total. The summed E-state index contributed by atoms with van der Waals surface area (Å²) < 4.78 is 0. The molecule has 0 bridgehead atoms. The Hall–Kier alpha value is -1.24. The van der Waals surface area contributed by atoms with Gasteiger partial charge in [-0.3, -0.25) is 0 Å². The molecule has 0 amide bonds. The van der Waals surface area contributed by atoms with Crippen LogP contribution in [0.4, 0.5) is 0 Å². The average molecular weight is 219 g/mol. The Morgan fingerprint density at radius 2 is 1.75 bits per heavy atom. The minimum Gasteiger partial charge on any atom is -0.388 e. The van der Waals surface area contributed by atoms with Crippen molar-refractivity contribution in [2.75, 3.05) is 7.05 Å². The van der Waals surface area contributed by atoms with Gasteiger partial charge in [0.25, 0.3) is 0 Å². The van der Waals surface area contributed by atoms with Gasteiger partial charge in [-0.1, -0.05) is 31.2 Å². The second kappa shape index (κ2) is 7.10. The lowest BCUT2D eigenvalue weighted by atomic mass is 9.95. The number of likely N-dealkylation sites (N-methyl/N-ethyl adjacent to an activating group) is 1. The fraction of sp³-hybridized carbons (Fsp3) is 0.467. The van der Waals surface area contributed by atoms with Crippen LogP contribution in [0, 0.1) is 0 Å². The SMILES string of the molecule is C=C(NC)/C(C)=C(/C)C(/C=C\C)=C(C)CC. The van der Waals surface area contributed by atoms with Crippen LogP contribution < -0.4 is 5.32 Å². The Bertz CT molecular complexity index is 340. The Kier molecular flexibility index (Phi) is 6.55. The van der Waals surface area contributed by atoms with Crippen LogP contribution in [0.3, 0.4) is 0 Å². The van der Waals surface area contributed by atoms with Crippen LogP contribution in [0.15, 0.2) is 46.7 Å². The average Bonchev–Trinajstić information content (AvgIpc) is 2.32. The molecule has 0 saturated carbocycles. The monoisotopic (exact) mass is 219 g/mol. The third-order valence-electron chi connectivity index (χ3n) is 3.04. The Morgan fingerprint density at radius 3 is 2.12 bits per heavy atom. The molecule has 0 fully saturated rings. The highest BCUT2D eigenvalue weighted by Gasteiger charge is 2.05. The molecule has 0 aromatic heterocycles. The van der Waals surface area contributed by atoms with Crippen molar-refractivity contribution in [3.63, 3.8) is 0 Å². The van der Waals surface area contributed by atoms with E-state index in [0.717, 1.165) is 12.1 Å². The molecule has 0 atom stereocenters. The van der Waals surface area contributed by atoms with Crippen molar-refractivity contribution in [3.8, 4) is 0 Å². The van der Waals surface area contributed by atoms with Crippen LogP contribution in [0.1, 0.15) is 41.0 Å². The molecule has 0 aliphatic rings. The number of hydrogen-bond donors (Lipinski definition) is 1. The minimum atomic E-state index is 0.989. The summed E-state index contributed by atoms with van der Waals surface area (Å²) in [5.41, 5.74) is 6.27. The molecule has 0 aliphatic heterocycles. The molecule has 0 saturated heterocycles. The van der Waals surface area contributed by atoms with E-state index in [-0.39, 0.29) is 0 Å². The number of nitrogens with one attached hydrogen (secondary N) is 1. The van der Waals surface area contributed by atoms with Crippen molar-refractivity contribution in [2.24, 2.45) is 0 Å². The summed E-state index contributed by atoms with van der Waals surface area (Å²) in [5.74, 6) is 0. The Labute approximate surface area is 101 Å². The molecule has 0 aliphatic carbocycles. The van der Waals surface area contributed by atoms with Crippen LogP contribution >= 0.6 is 0 Å². The fourth-order valence-electron chi connectivity index (χ4n) is 1.56. The summed E-state index contributed by atoms with van der Waals surface area (Å²) in [6.07, 6.45) is 5.35. The fourth-order valence-corrected chi connectivity index (χ4v) is 1.56. The van der Waals surface area contributed by atoms with E-state index >= 15 is 0 Å². The first-order chi connectivity index (χ1) is 7.49. The molecule has 0 unspecified atom stereocenters. The van der Waals surface area contributed by atoms with Gasteiger partial charge in [0.1, 0.15) is 0 Å². The van der Waals surface area contributed by atoms with Crippen molar-refractivity contribution in [3.05, 3.63) is 46.7 Å². The topological polar surface area (TPSA) is 12.0 Å². The Morgan fingerprint density at radius 1 is 1.19 bits per heavy atom. The third-order valence-corrected chi connectivity index (χ3v) is 3.04. The number of hydrogen-bond acceptors (Lipinski definition) is 1. The second-order valence-corrected chi connectivity index (χ2v) is 4.03. The first kappa shape index (κ1) is 14.8. The van der Waals surface area contributed by atoms with E-state index in [9.17, 15) is 0 Å². The van der Waals surface area contributed by atoms with E-state index in [2.05, 4.69) is 58.7 Å². The van der Waals surface area contributed by atoms with E-state index in [0.29, 0.717) is 0 Å². The molecule has 0 aromatic carbocycles. The molecule has 16 heavy (non-hydrogen) atoms. The highest BCUT2D eigenvalue weighted by Crippen LogP contribution is 2.23. The van der Waals surface area contributed by atoms with E-state index in [1.54, 1.807) is 0 Å². The molecule has 0 rings (SSSR count). The molecule has 90 valence electrons. The van der Waals surface area contributed by atoms with Crippen molar-refractivity contribution < 1.29 is 0 Å². The third kappa shape index (κ3) is 3.73. The molecule has 1 nitrogen and oxygen atoms in total. The van der Waals surface area contributed by atoms with Gasteiger partial charge in [-0.25, -0.2) is 0 Å². The maximum atomic E-state index is 4.01. The minimum absolute atomic E-state index is 0.989. The predicted octanol–water partition coefficient (Wildman–Crippen LogP) is 4.36. The van der Waals surface area contributed by atoms with Crippen molar-refractivity contribution in [1.82, 2.24) is 5.32 Å². The maximum Gasteiger partial charge on any atom is 0.0297 e. The highest BCUT2D eigenvalue weighted by atomic mass is 14.8. The molecule has 0 spiro atoms. The van der Waals surface area contributed by atoms with E-state index in [1.807, 2.05) is 7.05 Å². The smallest absolute Gasteiger partial charge is 0.0297 e.